The van der Waals surface area contributed by atoms with Crippen molar-refractivity contribution in [2.45, 2.75) is 50.9 Å². The number of halogens is 1. The number of nitrogens with one attached hydrogen (secondary N) is 1. The maximum Gasteiger partial charge on any atom is 0.205 e. The Kier molecular flexibility index (Phi) is 9.55. The molecule has 3 rings (SSSR count). The van der Waals surface area contributed by atoms with Crippen molar-refractivity contribution in [1.82, 2.24) is 19.6 Å². The first-order valence-electron chi connectivity index (χ1n) is 10.0. The zero-order chi connectivity index (χ0) is 19.3. The van der Waals surface area contributed by atoms with Crippen molar-refractivity contribution >= 4 is 58.4 Å². The second kappa shape index (κ2) is 11.2. The summed E-state index contributed by atoms with van der Waals surface area (Å²) in [5, 5.41) is 15.6. The van der Waals surface area contributed by atoms with E-state index in [-0.39, 0.29) is 24.0 Å². The maximum atomic E-state index is 10.8. The lowest BCUT2D eigenvalue weighted by Crippen LogP contribution is -2.55. The number of aliphatic hydroxyl groups is 1. The number of thioether (sulfide) groups is 1. The van der Waals surface area contributed by atoms with Crippen molar-refractivity contribution in [2.24, 2.45) is 4.99 Å². The van der Waals surface area contributed by atoms with Crippen LogP contribution < -0.4 is 10.2 Å². The van der Waals surface area contributed by atoms with E-state index >= 15 is 0 Å². The Balaban J connectivity index is 0.00000280. The summed E-state index contributed by atoms with van der Waals surface area (Å²) >= 11 is 3.35. The van der Waals surface area contributed by atoms with E-state index in [1.54, 1.807) is 0 Å². The summed E-state index contributed by atoms with van der Waals surface area (Å²) in [5.41, 5.74) is -0.633. The van der Waals surface area contributed by atoms with Gasteiger partial charge >= 0.3 is 0 Å². The number of hydrogen-bond donors (Lipinski definition) is 2. The second-order valence-electron chi connectivity index (χ2n) is 7.08. The third-order valence-electron chi connectivity index (χ3n) is 5.27. The average molecular weight is 541 g/mol. The van der Waals surface area contributed by atoms with E-state index in [9.17, 15) is 5.11 Å². The van der Waals surface area contributed by atoms with Crippen LogP contribution in [0.15, 0.2) is 4.99 Å². The van der Waals surface area contributed by atoms with E-state index in [1.807, 2.05) is 11.8 Å². The van der Waals surface area contributed by atoms with Gasteiger partial charge < -0.3 is 20.2 Å². The molecule has 0 spiro atoms. The molecule has 2 unspecified atom stereocenters. The highest BCUT2D eigenvalue weighted by Gasteiger charge is 2.45. The van der Waals surface area contributed by atoms with Crippen molar-refractivity contribution in [1.29, 1.82) is 0 Å². The number of aryl methyl sites for hydroxylation is 1. The third-order valence-corrected chi connectivity index (χ3v) is 7.49. The first-order chi connectivity index (χ1) is 13.1. The zero-order valence-corrected chi connectivity index (χ0v) is 21.0. The Morgan fingerprint density at radius 2 is 2.07 bits per heavy atom. The van der Waals surface area contributed by atoms with Gasteiger partial charge in [-0.3, -0.25) is 4.99 Å². The predicted octanol–water partition coefficient (Wildman–Crippen LogP) is 2.45. The van der Waals surface area contributed by atoms with Crippen molar-refractivity contribution in [3.05, 3.63) is 5.82 Å². The van der Waals surface area contributed by atoms with Gasteiger partial charge in [0.25, 0.3) is 0 Å². The average Bonchev–Trinajstić information content (AvgIpc) is 3.17. The normalized spacial score (nSPS) is 25.3. The van der Waals surface area contributed by atoms with Gasteiger partial charge in [0.05, 0.1) is 12.1 Å². The summed E-state index contributed by atoms with van der Waals surface area (Å²) in [6, 6.07) is 0. The van der Waals surface area contributed by atoms with Crippen LogP contribution in [0, 0.1) is 0 Å². The minimum atomic E-state index is -0.633. The Hall–Kier alpha value is -0.330. The molecule has 2 N–H and O–H groups in total. The molecule has 1 aromatic rings. The predicted molar refractivity (Wildman–Crippen MR) is 131 cm³/mol. The van der Waals surface area contributed by atoms with Gasteiger partial charge in [0.2, 0.25) is 5.13 Å². The SMILES string of the molecule is CCNC(=NCC1(O)CCC1SCC)N1CCN(c2nc(CC)ns2)CC1.I. The number of aliphatic imine (C=N–C) groups is 1. The molecule has 2 heterocycles. The van der Waals surface area contributed by atoms with E-state index in [0.29, 0.717) is 11.8 Å². The Bertz CT molecular complexity index is 637. The standard InChI is InChI=1S/C18H32N6OS2.HI/c1-4-15-21-17(27-22-15)24-11-9-23(10-12-24)16(19-5-2)20-13-18(25)8-7-14(18)26-6-3;/h14,25H,4-13H2,1-3H3,(H,19,20);1H. The number of guanidine groups is 1. The minimum absolute atomic E-state index is 0. The largest absolute Gasteiger partial charge is 0.387 e. The van der Waals surface area contributed by atoms with Crippen molar-refractivity contribution in [2.75, 3.05) is 49.9 Å². The molecule has 160 valence electrons. The molecule has 7 nitrogen and oxygen atoms in total. The Morgan fingerprint density at radius 1 is 1.32 bits per heavy atom. The summed E-state index contributed by atoms with van der Waals surface area (Å²) in [4.78, 5) is 14.0. The summed E-state index contributed by atoms with van der Waals surface area (Å²) in [6.07, 6.45) is 2.84. The zero-order valence-electron chi connectivity index (χ0n) is 17.1. The molecular formula is C18H33IN6OS2. The van der Waals surface area contributed by atoms with Gasteiger partial charge in [-0.2, -0.15) is 16.1 Å². The molecule has 2 atom stereocenters. The molecule has 0 bridgehead atoms. The third kappa shape index (κ3) is 5.63. The number of aromatic nitrogens is 2. The van der Waals surface area contributed by atoms with E-state index < -0.39 is 5.60 Å². The molecule has 2 fully saturated rings. The maximum absolute atomic E-state index is 10.8. The number of anilines is 1. The monoisotopic (exact) mass is 540 g/mol. The van der Waals surface area contributed by atoms with Crippen molar-refractivity contribution in [3.63, 3.8) is 0 Å². The molecule has 10 heteroatoms. The molecule has 1 aliphatic carbocycles. The number of hydrogen-bond acceptors (Lipinski definition) is 7. The summed E-state index contributed by atoms with van der Waals surface area (Å²) in [6.45, 7) is 11.3. The van der Waals surface area contributed by atoms with Crippen LogP contribution in [-0.4, -0.2) is 81.2 Å². The van der Waals surface area contributed by atoms with Gasteiger partial charge in [0.15, 0.2) is 5.96 Å². The smallest absolute Gasteiger partial charge is 0.205 e. The van der Waals surface area contributed by atoms with Crippen LogP contribution in [0.25, 0.3) is 0 Å². The van der Waals surface area contributed by atoms with E-state index in [1.165, 1.54) is 11.5 Å². The molecule has 1 saturated heterocycles. The van der Waals surface area contributed by atoms with Gasteiger partial charge in [-0.25, -0.2) is 4.98 Å². The summed E-state index contributed by atoms with van der Waals surface area (Å²) < 4.78 is 4.40. The van der Waals surface area contributed by atoms with Crippen LogP contribution in [0.3, 0.4) is 0 Å². The molecule has 0 radical (unpaired) electrons. The lowest BCUT2D eigenvalue weighted by atomic mass is 9.79. The molecule has 28 heavy (non-hydrogen) atoms. The van der Waals surface area contributed by atoms with Gasteiger partial charge in [-0.15, -0.1) is 24.0 Å². The van der Waals surface area contributed by atoms with Crippen LogP contribution in [0.1, 0.15) is 39.4 Å². The van der Waals surface area contributed by atoms with Gasteiger partial charge in [-0.05, 0) is 25.5 Å². The first kappa shape index (κ1) is 23.9. The number of nitrogens with zero attached hydrogens (tertiary/aromatic N) is 5. The Labute approximate surface area is 194 Å². The van der Waals surface area contributed by atoms with E-state index in [0.717, 1.165) is 74.7 Å². The van der Waals surface area contributed by atoms with Crippen LogP contribution in [0.5, 0.6) is 0 Å². The second-order valence-corrected chi connectivity index (χ2v) is 9.29. The molecular weight excluding hydrogens is 507 g/mol. The van der Waals surface area contributed by atoms with E-state index in [2.05, 4.69) is 45.2 Å². The lowest BCUT2D eigenvalue weighted by molar-refractivity contribution is -0.0156. The van der Waals surface area contributed by atoms with Crippen LogP contribution in [0.2, 0.25) is 0 Å². The highest BCUT2D eigenvalue weighted by molar-refractivity contribution is 14.0. The molecule has 1 aromatic heterocycles. The van der Waals surface area contributed by atoms with Gasteiger partial charge in [0, 0.05) is 55.9 Å². The lowest BCUT2D eigenvalue weighted by Gasteiger charge is -2.44. The van der Waals surface area contributed by atoms with Crippen LogP contribution >= 0.6 is 47.3 Å². The fraction of sp³-hybridized carbons (Fsp3) is 0.833. The van der Waals surface area contributed by atoms with Gasteiger partial charge in [-0.1, -0.05) is 13.8 Å². The molecule has 2 aliphatic rings. The fourth-order valence-corrected chi connectivity index (χ4v) is 5.47. The summed E-state index contributed by atoms with van der Waals surface area (Å²) in [5.74, 6) is 2.90. The van der Waals surface area contributed by atoms with Crippen LogP contribution in [-0.2, 0) is 6.42 Å². The molecule has 1 aliphatic heterocycles. The molecule has 0 amide bonds. The highest BCUT2D eigenvalue weighted by Crippen LogP contribution is 2.41. The Morgan fingerprint density at radius 3 is 2.61 bits per heavy atom. The topological polar surface area (TPSA) is 76.9 Å². The highest BCUT2D eigenvalue weighted by atomic mass is 127. The van der Waals surface area contributed by atoms with Crippen molar-refractivity contribution in [3.8, 4) is 0 Å². The minimum Gasteiger partial charge on any atom is -0.387 e. The van der Waals surface area contributed by atoms with Crippen LogP contribution in [0.4, 0.5) is 5.13 Å². The quantitative estimate of drug-likeness (QED) is 0.313. The number of rotatable bonds is 7. The van der Waals surface area contributed by atoms with E-state index in [4.69, 9.17) is 4.99 Å². The molecule has 1 saturated carbocycles. The number of piperazine rings is 1. The summed E-state index contributed by atoms with van der Waals surface area (Å²) in [7, 11) is 0. The van der Waals surface area contributed by atoms with Gasteiger partial charge in [0.1, 0.15) is 5.82 Å². The van der Waals surface area contributed by atoms with Crippen molar-refractivity contribution < 1.29 is 5.11 Å². The molecule has 0 aromatic carbocycles. The fourth-order valence-electron chi connectivity index (χ4n) is 3.48. The first-order valence-corrected chi connectivity index (χ1v) is 11.9.